The number of nitrogens with zero attached hydrogens (tertiary/aromatic N) is 1. The maximum Gasteiger partial charge on any atom is 0.330 e. The van der Waals surface area contributed by atoms with Gasteiger partial charge in [0.15, 0.2) is 6.61 Å². The third-order valence-corrected chi connectivity index (χ3v) is 6.83. The topological polar surface area (TPSA) is 75.7 Å². The molecule has 1 aromatic carbocycles. The molecule has 0 aliphatic carbocycles. The number of anilines is 1. The lowest BCUT2D eigenvalue weighted by molar-refractivity contribution is -0.155. The highest BCUT2D eigenvalue weighted by Gasteiger charge is 2.53. The second-order valence-electron chi connectivity index (χ2n) is 7.08. The molecule has 0 spiro atoms. The van der Waals surface area contributed by atoms with Crippen LogP contribution in [0.25, 0.3) is 0 Å². The van der Waals surface area contributed by atoms with Crippen molar-refractivity contribution in [2.75, 3.05) is 17.7 Å². The van der Waals surface area contributed by atoms with Crippen LogP contribution in [0.5, 0.6) is 0 Å². The average Bonchev–Trinajstić information content (AvgIpc) is 3.16. The number of nitrogens with one attached hydrogen (secondary N) is 1. The van der Waals surface area contributed by atoms with Gasteiger partial charge in [0, 0.05) is 17.9 Å². The summed E-state index contributed by atoms with van der Waals surface area (Å²) in [6, 6.07) is 5.35. The maximum atomic E-state index is 12.5. The van der Waals surface area contributed by atoms with Crippen LogP contribution in [0.15, 0.2) is 18.2 Å². The van der Waals surface area contributed by atoms with Gasteiger partial charge in [-0.3, -0.25) is 9.59 Å². The number of carbonyl (C=O) groups is 3. The van der Waals surface area contributed by atoms with E-state index < -0.39 is 12.0 Å². The SMILES string of the molecule is CCc1cccc(CC)c1NC(=O)COC(=O)[C@H]1CS[C@]2(C)CCC(=O)N12. The van der Waals surface area contributed by atoms with E-state index in [4.69, 9.17) is 4.74 Å². The molecular weight excluding hydrogens is 364 g/mol. The van der Waals surface area contributed by atoms with Crippen molar-refractivity contribution < 1.29 is 19.1 Å². The van der Waals surface area contributed by atoms with Gasteiger partial charge in [0.1, 0.15) is 6.04 Å². The van der Waals surface area contributed by atoms with Gasteiger partial charge in [0.05, 0.1) is 4.87 Å². The molecule has 0 bridgehead atoms. The number of thioether (sulfide) groups is 1. The van der Waals surface area contributed by atoms with Gasteiger partial charge in [-0.1, -0.05) is 32.0 Å². The molecule has 2 fully saturated rings. The molecule has 2 aliphatic rings. The molecule has 6 nitrogen and oxygen atoms in total. The maximum absolute atomic E-state index is 12.5. The Morgan fingerprint density at radius 1 is 1.30 bits per heavy atom. The molecule has 7 heteroatoms. The second-order valence-corrected chi connectivity index (χ2v) is 8.58. The van der Waals surface area contributed by atoms with Crippen LogP contribution in [0.2, 0.25) is 0 Å². The molecule has 3 rings (SSSR count). The van der Waals surface area contributed by atoms with E-state index in [2.05, 4.69) is 5.32 Å². The van der Waals surface area contributed by atoms with E-state index in [1.807, 2.05) is 39.0 Å². The van der Waals surface area contributed by atoms with Crippen LogP contribution in [0.1, 0.15) is 44.7 Å². The van der Waals surface area contributed by atoms with Crippen molar-refractivity contribution in [1.29, 1.82) is 0 Å². The van der Waals surface area contributed by atoms with E-state index in [1.165, 1.54) is 0 Å². The third-order valence-electron chi connectivity index (χ3n) is 5.33. The minimum absolute atomic E-state index is 0.0154. The minimum atomic E-state index is -0.600. The van der Waals surface area contributed by atoms with E-state index in [9.17, 15) is 14.4 Å². The van der Waals surface area contributed by atoms with Crippen molar-refractivity contribution in [3.05, 3.63) is 29.3 Å². The molecule has 0 saturated carbocycles. The first-order valence-corrected chi connectivity index (χ1v) is 10.4. The van der Waals surface area contributed by atoms with Crippen molar-refractivity contribution in [3.8, 4) is 0 Å². The number of amides is 2. The zero-order chi connectivity index (χ0) is 19.6. The molecule has 1 N–H and O–H groups in total. The number of esters is 1. The molecule has 2 saturated heterocycles. The van der Waals surface area contributed by atoms with Crippen LogP contribution in [-0.4, -0.2) is 46.0 Å². The van der Waals surface area contributed by atoms with Crippen molar-refractivity contribution >= 4 is 35.2 Å². The quantitative estimate of drug-likeness (QED) is 0.756. The van der Waals surface area contributed by atoms with Crippen LogP contribution < -0.4 is 5.32 Å². The second kappa shape index (κ2) is 7.92. The van der Waals surface area contributed by atoms with Crippen molar-refractivity contribution in [2.45, 2.75) is 57.4 Å². The first-order valence-electron chi connectivity index (χ1n) is 9.43. The Morgan fingerprint density at radius 2 is 1.96 bits per heavy atom. The minimum Gasteiger partial charge on any atom is -0.454 e. The molecule has 0 radical (unpaired) electrons. The van der Waals surface area contributed by atoms with Crippen molar-refractivity contribution in [2.24, 2.45) is 0 Å². The standard InChI is InChI=1S/C20H26N2O4S/c1-4-13-7-6-8-14(5-2)18(13)21-16(23)11-26-19(25)15-12-27-20(3)10-9-17(24)22(15)20/h6-8,15H,4-5,9-12H2,1-3H3,(H,21,23)/t15-,20-/m1/s1. The summed E-state index contributed by atoms with van der Waals surface area (Å²) in [6.45, 7) is 5.70. The summed E-state index contributed by atoms with van der Waals surface area (Å²) in [5.74, 6) is -0.365. The number of ether oxygens (including phenoxy) is 1. The molecule has 2 aliphatic heterocycles. The number of hydrogen-bond acceptors (Lipinski definition) is 5. The predicted molar refractivity (Wildman–Crippen MR) is 106 cm³/mol. The summed E-state index contributed by atoms with van der Waals surface area (Å²) in [5.41, 5.74) is 2.92. The van der Waals surface area contributed by atoms with E-state index in [1.54, 1.807) is 16.7 Å². The molecule has 0 unspecified atom stereocenters. The lowest BCUT2D eigenvalue weighted by atomic mass is 10.0. The molecule has 2 amide bonds. The number of hydrogen-bond donors (Lipinski definition) is 1. The lowest BCUT2D eigenvalue weighted by Gasteiger charge is -2.29. The Morgan fingerprint density at radius 3 is 2.59 bits per heavy atom. The zero-order valence-corrected chi connectivity index (χ0v) is 16.9. The van der Waals surface area contributed by atoms with E-state index in [0.29, 0.717) is 12.2 Å². The number of benzene rings is 1. The van der Waals surface area contributed by atoms with Gasteiger partial charge in [-0.25, -0.2) is 4.79 Å². The van der Waals surface area contributed by atoms with Crippen LogP contribution in [0, 0.1) is 0 Å². The highest BCUT2D eigenvalue weighted by molar-refractivity contribution is 8.01. The molecular formula is C20H26N2O4S. The van der Waals surface area contributed by atoms with Crippen LogP contribution >= 0.6 is 11.8 Å². The number of para-hydroxylation sites is 1. The van der Waals surface area contributed by atoms with Crippen LogP contribution in [0.3, 0.4) is 0 Å². The highest BCUT2D eigenvalue weighted by Crippen LogP contribution is 2.47. The largest absolute Gasteiger partial charge is 0.454 e. The monoisotopic (exact) mass is 390 g/mol. The Balaban J connectivity index is 1.60. The lowest BCUT2D eigenvalue weighted by Crippen LogP contribution is -2.47. The fourth-order valence-corrected chi connectivity index (χ4v) is 5.22. The predicted octanol–water partition coefficient (Wildman–Crippen LogP) is 2.75. The van der Waals surface area contributed by atoms with Gasteiger partial charge in [-0.05, 0) is 37.3 Å². The van der Waals surface area contributed by atoms with Gasteiger partial charge >= 0.3 is 5.97 Å². The molecule has 146 valence electrons. The van der Waals surface area contributed by atoms with Crippen LogP contribution in [-0.2, 0) is 32.0 Å². The van der Waals surface area contributed by atoms with Crippen molar-refractivity contribution in [1.82, 2.24) is 4.90 Å². The van der Waals surface area contributed by atoms with Gasteiger partial charge in [-0.2, -0.15) is 0 Å². The molecule has 1 aromatic rings. The van der Waals surface area contributed by atoms with E-state index in [-0.39, 0.29) is 23.3 Å². The molecule has 0 aromatic heterocycles. The van der Waals surface area contributed by atoms with Gasteiger partial charge in [0.25, 0.3) is 5.91 Å². The molecule has 2 atom stereocenters. The summed E-state index contributed by atoms with van der Waals surface area (Å²) >= 11 is 1.61. The molecule has 2 heterocycles. The Kier molecular flexibility index (Phi) is 5.79. The van der Waals surface area contributed by atoms with Gasteiger partial charge in [0.2, 0.25) is 5.91 Å². The first-order chi connectivity index (χ1) is 12.9. The van der Waals surface area contributed by atoms with Crippen LogP contribution in [0.4, 0.5) is 5.69 Å². The fourth-order valence-electron chi connectivity index (χ4n) is 3.81. The number of aryl methyl sites for hydroxylation is 2. The first kappa shape index (κ1) is 19.7. The zero-order valence-electron chi connectivity index (χ0n) is 16.0. The average molecular weight is 391 g/mol. The third kappa shape index (κ3) is 3.83. The van der Waals surface area contributed by atoms with E-state index >= 15 is 0 Å². The summed E-state index contributed by atoms with van der Waals surface area (Å²) in [4.78, 5) is 38.3. The Labute approximate surface area is 164 Å². The Bertz CT molecular complexity index is 744. The fraction of sp³-hybridized carbons (Fsp3) is 0.550. The normalized spacial score (nSPS) is 24.0. The van der Waals surface area contributed by atoms with E-state index in [0.717, 1.165) is 36.1 Å². The van der Waals surface area contributed by atoms with Crippen molar-refractivity contribution in [3.63, 3.8) is 0 Å². The van der Waals surface area contributed by atoms with Gasteiger partial charge in [-0.15, -0.1) is 11.8 Å². The summed E-state index contributed by atoms with van der Waals surface area (Å²) in [7, 11) is 0. The summed E-state index contributed by atoms with van der Waals surface area (Å²) in [6.07, 6.45) is 2.81. The number of rotatable bonds is 6. The number of fused-ring (bicyclic) bond motifs is 1. The highest BCUT2D eigenvalue weighted by atomic mass is 32.2. The number of carbonyl (C=O) groups excluding carboxylic acids is 3. The Hall–Kier alpha value is -2.02. The summed E-state index contributed by atoms with van der Waals surface area (Å²) < 4.78 is 5.25. The smallest absolute Gasteiger partial charge is 0.330 e. The summed E-state index contributed by atoms with van der Waals surface area (Å²) in [5, 5.41) is 2.89. The van der Waals surface area contributed by atoms with Gasteiger partial charge < -0.3 is 15.0 Å². The molecule has 27 heavy (non-hydrogen) atoms.